The fourth-order valence-corrected chi connectivity index (χ4v) is 2.31. The summed E-state index contributed by atoms with van der Waals surface area (Å²) in [6, 6.07) is 5.07. The van der Waals surface area contributed by atoms with Gasteiger partial charge in [-0.3, -0.25) is 0 Å². The van der Waals surface area contributed by atoms with Gasteiger partial charge in [0, 0.05) is 18.6 Å². The third kappa shape index (κ3) is 4.71. The molecule has 5 heteroatoms. The van der Waals surface area contributed by atoms with Gasteiger partial charge >= 0.3 is 6.18 Å². The van der Waals surface area contributed by atoms with E-state index in [1.807, 2.05) is 11.9 Å². The first kappa shape index (κ1) is 18.0. The van der Waals surface area contributed by atoms with E-state index in [4.69, 9.17) is 5.73 Å². The highest BCUT2D eigenvalue weighted by Gasteiger charge is 2.35. The minimum atomic E-state index is -4.37. The molecular formula is C16H25F3N2. The van der Waals surface area contributed by atoms with Gasteiger partial charge in [-0.25, -0.2) is 0 Å². The molecule has 2 atom stereocenters. The normalized spacial score (nSPS) is 16.1. The molecule has 1 aromatic carbocycles. The van der Waals surface area contributed by atoms with Crippen molar-refractivity contribution in [2.45, 2.75) is 46.0 Å². The minimum absolute atomic E-state index is 0.0397. The van der Waals surface area contributed by atoms with Gasteiger partial charge in [0.1, 0.15) is 0 Å². The molecule has 0 aliphatic rings. The van der Waals surface area contributed by atoms with Crippen molar-refractivity contribution in [3.05, 3.63) is 35.4 Å². The predicted octanol–water partition coefficient (Wildman–Crippen LogP) is 4.07. The summed E-state index contributed by atoms with van der Waals surface area (Å²) < 4.78 is 39.1. The van der Waals surface area contributed by atoms with E-state index in [1.54, 1.807) is 6.07 Å². The molecule has 0 saturated carbocycles. The lowest BCUT2D eigenvalue weighted by atomic mass is 9.86. The third-order valence-electron chi connectivity index (χ3n) is 4.06. The highest BCUT2D eigenvalue weighted by Crippen LogP contribution is 2.34. The summed E-state index contributed by atoms with van der Waals surface area (Å²) >= 11 is 0. The van der Waals surface area contributed by atoms with Crippen LogP contribution in [0.15, 0.2) is 24.3 Å². The first-order valence-corrected chi connectivity index (χ1v) is 7.06. The Balaban J connectivity index is 2.93. The van der Waals surface area contributed by atoms with Crippen molar-refractivity contribution in [3.63, 3.8) is 0 Å². The van der Waals surface area contributed by atoms with E-state index in [1.165, 1.54) is 12.1 Å². The van der Waals surface area contributed by atoms with Crippen molar-refractivity contribution in [2.75, 3.05) is 13.6 Å². The van der Waals surface area contributed by atoms with Gasteiger partial charge < -0.3 is 10.6 Å². The van der Waals surface area contributed by atoms with Crippen LogP contribution in [0.25, 0.3) is 0 Å². The van der Waals surface area contributed by atoms with Crippen molar-refractivity contribution in [2.24, 2.45) is 11.1 Å². The Kier molecular flexibility index (Phi) is 5.45. The maximum Gasteiger partial charge on any atom is 0.416 e. The number of likely N-dealkylation sites (N-methyl/N-ethyl adjacent to an activating group) is 1. The molecule has 2 N–H and O–H groups in total. The van der Waals surface area contributed by atoms with Crippen LogP contribution in [-0.2, 0) is 6.18 Å². The van der Waals surface area contributed by atoms with Gasteiger partial charge in [-0.05, 0) is 31.0 Å². The van der Waals surface area contributed by atoms with Crippen LogP contribution in [0, 0.1) is 5.41 Å². The molecule has 0 saturated heterocycles. The monoisotopic (exact) mass is 302 g/mol. The molecule has 0 heterocycles. The van der Waals surface area contributed by atoms with Crippen LogP contribution in [0.2, 0.25) is 0 Å². The molecule has 1 aromatic rings. The molecule has 21 heavy (non-hydrogen) atoms. The van der Waals surface area contributed by atoms with Crippen LogP contribution in [0.1, 0.15) is 44.9 Å². The Labute approximate surface area is 125 Å². The first-order valence-electron chi connectivity index (χ1n) is 7.06. The Hall–Kier alpha value is -1.07. The lowest BCUT2D eigenvalue weighted by Gasteiger charge is -2.37. The van der Waals surface area contributed by atoms with E-state index < -0.39 is 17.8 Å². The average Bonchev–Trinajstić information content (AvgIpc) is 2.35. The van der Waals surface area contributed by atoms with Crippen molar-refractivity contribution in [3.8, 4) is 0 Å². The molecule has 120 valence electrons. The van der Waals surface area contributed by atoms with Gasteiger partial charge in [-0.2, -0.15) is 13.2 Å². The van der Waals surface area contributed by atoms with Crippen LogP contribution < -0.4 is 5.73 Å². The average molecular weight is 302 g/mol. The van der Waals surface area contributed by atoms with Gasteiger partial charge in [-0.15, -0.1) is 0 Å². The molecular weight excluding hydrogens is 277 g/mol. The molecule has 0 radical (unpaired) electrons. The number of hydrogen-bond acceptors (Lipinski definition) is 2. The first-order chi connectivity index (χ1) is 9.44. The van der Waals surface area contributed by atoms with Crippen LogP contribution in [0.5, 0.6) is 0 Å². The molecule has 0 fully saturated rings. The lowest BCUT2D eigenvalue weighted by molar-refractivity contribution is -0.138. The fraction of sp³-hybridized carbons (Fsp3) is 0.625. The van der Waals surface area contributed by atoms with Crippen molar-refractivity contribution in [1.29, 1.82) is 0 Å². The zero-order valence-electron chi connectivity index (χ0n) is 13.3. The second kappa shape index (κ2) is 6.36. The molecule has 2 nitrogen and oxygen atoms in total. The van der Waals surface area contributed by atoms with Crippen molar-refractivity contribution >= 4 is 0 Å². The van der Waals surface area contributed by atoms with Crippen LogP contribution in [-0.4, -0.2) is 24.5 Å². The summed E-state index contributed by atoms with van der Waals surface area (Å²) in [6.07, 6.45) is -4.37. The number of benzene rings is 1. The van der Waals surface area contributed by atoms with E-state index in [0.717, 1.165) is 6.07 Å². The van der Waals surface area contributed by atoms with Gasteiger partial charge in [-0.1, -0.05) is 39.0 Å². The van der Waals surface area contributed by atoms with Crippen LogP contribution in [0.4, 0.5) is 13.2 Å². The second-order valence-corrected chi connectivity index (χ2v) is 6.67. The van der Waals surface area contributed by atoms with Crippen LogP contribution in [0.3, 0.4) is 0 Å². The topological polar surface area (TPSA) is 29.3 Å². The summed E-state index contributed by atoms with van der Waals surface area (Å²) in [4.78, 5) is 2.01. The molecule has 2 unspecified atom stereocenters. The zero-order chi connectivity index (χ0) is 16.4. The van der Waals surface area contributed by atoms with E-state index in [9.17, 15) is 13.2 Å². The minimum Gasteiger partial charge on any atom is -0.323 e. The molecule has 0 aliphatic heterocycles. The summed E-state index contributed by atoms with van der Waals surface area (Å²) in [5, 5.41) is 0. The molecule has 0 spiro atoms. The summed E-state index contributed by atoms with van der Waals surface area (Å²) in [7, 11) is 1.89. The van der Waals surface area contributed by atoms with E-state index in [-0.39, 0.29) is 17.0 Å². The number of hydrogen-bond donors (Lipinski definition) is 1. The van der Waals surface area contributed by atoms with Crippen LogP contribution >= 0.6 is 0 Å². The van der Waals surface area contributed by atoms with Crippen molar-refractivity contribution in [1.82, 2.24) is 4.90 Å². The Morgan fingerprint density at radius 3 is 2.14 bits per heavy atom. The standard InChI is InChI=1S/C16H25F3N2/c1-11(15(2,3)4)21(5)10-14(20)12-8-6-7-9-13(12)16(17,18)19/h6-9,11,14H,10,20H2,1-5H3. The SMILES string of the molecule is CC(N(C)CC(N)c1ccccc1C(F)(F)F)C(C)(C)C. The van der Waals surface area contributed by atoms with E-state index in [2.05, 4.69) is 27.7 Å². The number of nitrogens with two attached hydrogens (primary N) is 1. The number of rotatable bonds is 4. The molecule has 1 rings (SSSR count). The summed E-state index contributed by atoms with van der Waals surface area (Å²) in [5.74, 6) is 0. The largest absolute Gasteiger partial charge is 0.416 e. The summed E-state index contributed by atoms with van der Waals surface area (Å²) in [6.45, 7) is 8.74. The van der Waals surface area contributed by atoms with Crippen molar-refractivity contribution < 1.29 is 13.2 Å². The van der Waals surface area contributed by atoms with Gasteiger partial charge in [0.15, 0.2) is 0 Å². The lowest BCUT2D eigenvalue weighted by Crippen LogP contribution is -2.42. The van der Waals surface area contributed by atoms with E-state index >= 15 is 0 Å². The fourth-order valence-electron chi connectivity index (χ4n) is 2.31. The highest BCUT2D eigenvalue weighted by molar-refractivity contribution is 5.32. The smallest absolute Gasteiger partial charge is 0.323 e. The van der Waals surface area contributed by atoms with Gasteiger partial charge in [0.2, 0.25) is 0 Å². The Morgan fingerprint density at radius 2 is 1.67 bits per heavy atom. The Bertz CT molecular complexity index is 463. The maximum absolute atomic E-state index is 13.0. The summed E-state index contributed by atoms with van der Waals surface area (Å²) in [5.41, 5.74) is 5.58. The molecule has 0 amide bonds. The molecule has 0 aliphatic carbocycles. The van der Waals surface area contributed by atoms with E-state index in [0.29, 0.717) is 6.54 Å². The number of nitrogens with zero attached hydrogens (tertiary/aromatic N) is 1. The number of alkyl halides is 3. The second-order valence-electron chi connectivity index (χ2n) is 6.67. The Morgan fingerprint density at radius 1 is 1.14 bits per heavy atom. The highest BCUT2D eigenvalue weighted by atomic mass is 19.4. The third-order valence-corrected chi connectivity index (χ3v) is 4.06. The van der Waals surface area contributed by atoms with Gasteiger partial charge in [0.25, 0.3) is 0 Å². The van der Waals surface area contributed by atoms with Gasteiger partial charge in [0.05, 0.1) is 5.56 Å². The molecule has 0 bridgehead atoms. The number of halogens is 3. The predicted molar refractivity (Wildman–Crippen MR) is 79.9 cm³/mol. The maximum atomic E-state index is 13.0. The molecule has 0 aromatic heterocycles. The zero-order valence-corrected chi connectivity index (χ0v) is 13.3. The quantitative estimate of drug-likeness (QED) is 0.908.